The number of halogens is 3. The molecule has 0 bridgehead atoms. The second-order valence-electron chi connectivity index (χ2n) is 5.05. The summed E-state index contributed by atoms with van der Waals surface area (Å²) in [6.45, 7) is 2.02. The van der Waals surface area contributed by atoms with E-state index >= 15 is 0 Å². The van der Waals surface area contributed by atoms with E-state index in [2.05, 4.69) is 10.6 Å². The monoisotopic (exact) mass is 318 g/mol. The standard InChI is InChI=1S/C15H21F3N2O2/c1-2-5-12(21)10-19-14(22)20-13-7-4-3-6-11(13)8-9-15(16,17)18/h3-4,6-7,12,21H,2,5,8-10H2,1H3,(H2,19,20,22). The van der Waals surface area contributed by atoms with Crippen LogP contribution in [0, 0.1) is 0 Å². The Morgan fingerprint density at radius 2 is 2.00 bits per heavy atom. The van der Waals surface area contributed by atoms with Gasteiger partial charge in [0, 0.05) is 18.7 Å². The van der Waals surface area contributed by atoms with E-state index in [-0.39, 0.29) is 13.0 Å². The highest BCUT2D eigenvalue weighted by Gasteiger charge is 2.27. The number of aryl methyl sites for hydroxylation is 1. The number of hydrogen-bond donors (Lipinski definition) is 3. The Balaban J connectivity index is 2.56. The van der Waals surface area contributed by atoms with Gasteiger partial charge >= 0.3 is 12.2 Å². The zero-order chi connectivity index (χ0) is 16.6. The minimum Gasteiger partial charge on any atom is -0.391 e. The number of rotatable bonds is 7. The summed E-state index contributed by atoms with van der Waals surface area (Å²) in [6, 6.07) is 5.81. The van der Waals surface area contributed by atoms with Gasteiger partial charge in [-0.3, -0.25) is 0 Å². The second-order valence-corrected chi connectivity index (χ2v) is 5.05. The molecule has 0 aliphatic heterocycles. The van der Waals surface area contributed by atoms with Gasteiger partial charge in [-0.2, -0.15) is 13.2 Å². The van der Waals surface area contributed by atoms with E-state index in [9.17, 15) is 23.1 Å². The first-order valence-corrected chi connectivity index (χ1v) is 7.19. The van der Waals surface area contributed by atoms with Crippen molar-refractivity contribution in [2.75, 3.05) is 11.9 Å². The molecule has 1 rings (SSSR count). The summed E-state index contributed by atoms with van der Waals surface area (Å²) in [6.07, 6.45) is -4.63. The lowest BCUT2D eigenvalue weighted by Gasteiger charge is -2.14. The Labute approximate surface area is 127 Å². The molecule has 1 atom stereocenters. The van der Waals surface area contributed by atoms with Crippen LogP contribution in [0.25, 0.3) is 0 Å². The number of amides is 2. The molecule has 0 heterocycles. The van der Waals surface area contributed by atoms with Crippen LogP contribution in [0.5, 0.6) is 0 Å². The minimum absolute atomic E-state index is 0.102. The molecule has 7 heteroatoms. The molecular formula is C15H21F3N2O2. The Kier molecular flexibility index (Phi) is 7.17. The van der Waals surface area contributed by atoms with E-state index in [1.165, 1.54) is 0 Å². The van der Waals surface area contributed by atoms with Crippen molar-refractivity contribution in [1.82, 2.24) is 5.32 Å². The fourth-order valence-electron chi connectivity index (χ4n) is 1.95. The molecule has 1 aromatic carbocycles. The quantitative estimate of drug-likeness (QED) is 0.721. The van der Waals surface area contributed by atoms with Crippen LogP contribution in [0.1, 0.15) is 31.7 Å². The van der Waals surface area contributed by atoms with Crippen molar-refractivity contribution < 1.29 is 23.1 Å². The van der Waals surface area contributed by atoms with Gasteiger partial charge in [-0.05, 0) is 24.5 Å². The van der Waals surface area contributed by atoms with E-state index in [1.54, 1.807) is 24.3 Å². The van der Waals surface area contributed by atoms with Crippen LogP contribution in [0.4, 0.5) is 23.7 Å². The van der Waals surface area contributed by atoms with Crippen LogP contribution < -0.4 is 10.6 Å². The Morgan fingerprint density at radius 1 is 1.32 bits per heavy atom. The lowest BCUT2D eigenvalue weighted by Crippen LogP contribution is -2.35. The summed E-state index contributed by atoms with van der Waals surface area (Å²) in [5.74, 6) is 0. The van der Waals surface area contributed by atoms with Crippen LogP contribution >= 0.6 is 0 Å². The van der Waals surface area contributed by atoms with Crippen molar-refractivity contribution in [3.63, 3.8) is 0 Å². The van der Waals surface area contributed by atoms with Crippen molar-refractivity contribution in [1.29, 1.82) is 0 Å². The van der Waals surface area contributed by atoms with Crippen LogP contribution in [-0.2, 0) is 6.42 Å². The highest BCUT2D eigenvalue weighted by molar-refractivity contribution is 5.90. The first-order valence-electron chi connectivity index (χ1n) is 7.19. The van der Waals surface area contributed by atoms with E-state index in [0.29, 0.717) is 17.7 Å². The van der Waals surface area contributed by atoms with Gasteiger partial charge in [0.05, 0.1) is 6.10 Å². The lowest BCUT2D eigenvalue weighted by molar-refractivity contribution is -0.133. The normalized spacial score (nSPS) is 12.8. The van der Waals surface area contributed by atoms with Crippen molar-refractivity contribution in [2.24, 2.45) is 0 Å². The minimum atomic E-state index is -4.24. The van der Waals surface area contributed by atoms with E-state index in [1.807, 2.05) is 6.92 Å². The van der Waals surface area contributed by atoms with Crippen LogP contribution in [0.15, 0.2) is 24.3 Å². The molecule has 22 heavy (non-hydrogen) atoms. The smallest absolute Gasteiger partial charge is 0.389 e. The molecule has 4 nitrogen and oxygen atoms in total. The van der Waals surface area contributed by atoms with Gasteiger partial charge in [-0.25, -0.2) is 4.79 Å². The predicted molar refractivity (Wildman–Crippen MR) is 78.8 cm³/mol. The maximum atomic E-state index is 12.3. The number of urea groups is 1. The highest BCUT2D eigenvalue weighted by Crippen LogP contribution is 2.25. The molecular weight excluding hydrogens is 297 g/mol. The van der Waals surface area contributed by atoms with Gasteiger partial charge in [0.1, 0.15) is 0 Å². The number of hydrogen-bond acceptors (Lipinski definition) is 2. The number of nitrogens with one attached hydrogen (secondary N) is 2. The number of aliphatic hydroxyl groups is 1. The molecule has 1 aromatic rings. The molecule has 0 aromatic heterocycles. The maximum Gasteiger partial charge on any atom is 0.389 e. The number of carbonyl (C=O) groups is 1. The third-order valence-corrected chi connectivity index (χ3v) is 3.06. The largest absolute Gasteiger partial charge is 0.391 e. The predicted octanol–water partition coefficient (Wildman–Crippen LogP) is 3.46. The first kappa shape index (κ1) is 18.3. The maximum absolute atomic E-state index is 12.3. The van der Waals surface area contributed by atoms with Crippen molar-refractivity contribution >= 4 is 11.7 Å². The molecule has 0 aliphatic carbocycles. The fourth-order valence-corrected chi connectivity index (χ4v) is 1.95. The number of alkyl halides is 3. The summed E-state index contributed by atoms with van der Waals surface area (Å²) in [4.78, 5) is 11.7. The van der Waals surface area contributed by atoms with Gasteiger partial charge in [0.2, 0.25) is 0 Å². The van der Waals surface area contributed by atoms with Crippen LogP contribution in [0.2, 0.25) is 0 Å². The van der Waals surface area contributed by atoms with Crippen molar-refractivity contribution in [3.05, 3.63) is 29.8 Å². The van der Waals surface area contributed by atoms with E-state index in [0.717, 1.165) is 6.42 Å². The Hall–Kier alpha value is -1.76. The number of aliphatic hydroxyl groups excluding tert-OH is 1. The fraction of sp³-hybridized carbons (Fsp3) is 0.533. The van der Waals surface area contributed by atoms with Crippen LogP contribution in [-0.4, -0.2) is 30.0 Å². The van der Waals surface area contributed by atoms with Crippen molar-refractivity contribution in [3.8, 4) is 0 Å². The van der Waals surface area contributed by atoms with E-state index in [4.69, 9.17) is 0 Å². The SMILES string of the molecule is CCCC(O)CNC(=O)Nc1ccccc1CCC(F)(F)F. The summed E-state index contributed by atoms with van der Waals surface area (Å²) in [7, 11) is 0. The molecule has 0 spiro atoms. The number of carbonyl (C=O) groups excluding carboxylic acids is 1. The average Bonchev–Trinajstić information content (AvgIpc) is 2.44. The average molecular weight is 318 g/mol. The third-order valence-electron chi connectivity index (χ3n) is 3.06. The Morgan fingerprint density at radius 3 is 2.64 bits per heavy atom. The first-order chi connectivity index (χ1) is 10.3. The van der Waals surface area contributed by atoms with Gasteiger partial charge in [0.25, 0.3) is 0 Å². The summed E-state index contributed by atoms with van der Waals surface area (Å²) >= 11 is 0. The zero-order valence-electron chi connectivity index (χ0n) is 12.4. The molecule has 0 saturated carbocycles. The van der Waals surface area contributed by atoms with E-state index < -0.39 is 24.7 Å². The second kappa shape index (κ2) is 8.63. The van der Waals surface area contributed by atoms with Gasteiger partial charge in [-0.1, -0.05) is 31.5 Å². The highest BCUT2D eigenvalue weighted by atomic mass is 19.4. The Bertz CT molecular complexity index is 478. The van der Waals surface area contributed by atoms with Crippen molar-refractivity contribution in [2.45, 2.75) is 44.9 Å². The summed E-state index contributed by atoms with van der Waals surface area (Å²) < 4.78 is 36.9. The molecule has 124 valence electrons. The number of anilines is 1. The molecule has 1 unspecified atom stereocenters. The number of para-hydroxylation sites is 1. The lowest BCUT2D eigenvalue weighted by atomic mass is 10.1. The molecule has 0 aliphatic rings. The topological polar surface area (TPSA) is 61.4 Å². The number of benzene rings is 1. The molecule has 0 saturated heterocycles. The van der Waals surface area contributed by atoms with Gasteiger partial charge in [0.15, 0.2) is 0 Å². The third kappa shape index (κ3) is 7.31. The summed E-state index contributed by atoms with van der Waals surface area (Å²) in [5, 5.41) is 14.5. The van der Waals surface area contributed by atoms with Gasteiger partial charge < -0.3 is 15.7 Å². The van der Waals surface area contributed by atoms with Crippen LogP contribution in [0.3, 0.4) is 0 Å². The zero-order valence-corrected chi connectivity index (χ0v) is 12.4. The molecule has 0 radical (unpaired) electrons. The summed E-state index contributed by atoms with van der Waals surface area (Å²) in [5.41, 5.74) is 0.762. The molecule has 3 N–H and O–H groups in total. The van der Waals surface area contributed by atoms with Gasteiger partial charge in [-0.15, -0.1) is 0 Å². The molecule has 2 amide bonds. The molecule has 0 fully saturated rings.